The summed E-state index contributed by atoms with van der Waals surface area (Å²) in [5.41, 5.74) is 0. The minimum Gasteiger partial charge on any atom is -0.427 e. The lowest BCUT2D eigenvalue weighted by molar-refractivity contribution is -0.131. The average molecular weight is 236 g/mol. The van der Waals surface area contributed by atoms with Crippen LogP contribution in [-0.4, -0.2) is 5.97 Å². The van der Waals surface area contributed by atoms with Crippen molar-refractivity contribution in [1.29, 1.82) is 0 Å². The first-order chi connectivity index (χ1) is 8.72. The van der Waals surface area contributed by atoms with E-state index in [-0.39, 0.29) is 5.97 Å². The third kappa shape index (κ3) is 1.93. The lowest BCUT2D eigenvalue weighted by Gasteiger charge is -2.05. The van der Waals surface area contributed by atoms with Crippen LogP contribution in [0.25, 0.3) is 21.5 Å². The van der Waals surface area contributed by atoms with Gasteiger partial charge in [-0.05, 0) is 45.8 Å². The Kier molecular flexibility index (Phi) is 2.49. The molecule has 0 unspecified atom stereocenters. The molecule has 0 aliphatic carbocycles. The average Bonchev–Trinajstić information content (AvgIpc) is 2.35. The summed E-state index contributed by atoms with van der Waals surface area (Å²) < 4.78 is 5.10. The molecule has 3 aromatic rings. The molecule has 0 aromatic heterocycles. The zero-order valence-corrected chi connectivity index (χ0v) is 10.0. The van der Waals surface area contributed by atoms with Gasteiger partial charge in [-0.3, -0.25) is 4.79 Å². The molecule has 0 aliphatic heterocycles. The van der Waals surface area contributed by atoms with Crippen LogP contribution in [0.3, 0.4) is 0 Å². The van der Waals surface area contributed by atoms with Gasteiger partial charge < -0.3 is 4.74 Å². The molecule has 88 valence electrons. The number of hydrogen-bond acceptors (Lipinski definition) is 2. The Bertz CT molecular complexity index is 744. The molecular weight excluding hydrogens is 224 g/mol. The van der Waals surface area contributed by atoms with Gasteiger partial charge in [0.1, 0.15) is 5.75 Å². The molecule has 0 bridgehead atoms. The summed E-state index contributed by atoms with van der Waals surface area (Å²) in [7, 11) is 0. The number of rotatable bonds is 1. The van der Waals surface area contributed by atoms with Crippen molar-refractivity contribution >= 4 is 27.5 Å². The van der Waals surface area contributed by atoms with Gasteiger partial charge in [-0.1, -0.05) is 30.3 Å². The van der Waals surface area contributed by atoms with Crippen molar-refractivity contribution in [2.45, 2.75) is 6.92 Å². The van der Waals surface area contributed by atoms with E-state index in [2.05, 4.69) is 24.3 Å². The van der Waals surface area contributed by atoms with Crippen molar-refractivity contribution in [1.82, 2.24) is 0 Å². The van der Waals surface area contributed by atoms with Crippen molar-refractivity contribution in [3.05, 3.63) is 54.6 Å². The molecule has 0 atom stereocenters. The highest BCUT2D eigenvalue weighted by Crippen LogP contribution is 2.26. The number of carbonyl (C=O) groups excluding carboxylic acids is 1. The van der Waals surface area contributed by atoms with Crippen LogP contribution in [0.15, 0.2) is 54.6 Å². The van der Waals surface area contributed by atoms with Crippen LogP contribution in [0, 0.1) is 0 Å². The molecule has 18 heavy (non-hydrogen) atoms. The fourth-order valence-corrected chi connectivity index (χ4v) is 2.15. The van der Waals surface area contributed by atoms with E-state index in [1.807, 2.05) is 30.3 Å². The Morgan fingerprint density at radius 1 is 0.833 bits per heavy atom. The van der Waals surface area contributed by atoms with Crippen molar-refractivity contribution in [3.63, 3.8) is 0 Å². The first-order valence-electron chi connectivity index (χ1n) is 5.83. The Morgan fingerprint density at radius 3 is 2.11 bits per heavy atom. The Morgan fingerprint density at radius 2 is 1.44 bits per heavy atom. The van der Waals surface area contributed by atoms with Crippen LogP contribution in [-0.2, 0) is 4.79 Å². The van der Waals surface area contributed by atoms with Gasteiger partial charge in [-0.25, -0.2) is 0 Å². The molecule has 0 saturated heterocycles. The molecule has 3 rings (SSSR count). The van der Waals surface area contributed by atoms with Crippen molar-refractivity contribution < 1.29 is 9.53 Å². The molecule has 0 saturated carbocycles. The predicted octanol–water partition coefficient (Wildman–Crippen LogP) is 3.92. The van der Waals surface area contributed by atoms with Crippen LogP contribution in [0.2, 0.25) is 0 Å². The maximum atomic E-state index is 10.9. The topological polar surface area (TPSA) is 26.3 Å². The summed E-state index contributed by atoms with van der Waals surface area (Å²) in [6.07, 6.45) is 0. The van der Waals surface area contributed by atoms with Gasteiger partial charge >= 0.3 is 5.97 Å². The summed E-state index contributed by atoms with van der Waals surface area (Å²) in [6.45, 7) is 1.41. The molecule has 0 N–H and O–H groups in total. The van der Waals surface area contributed by atoms with E-state index in [1.54, 1.807) is 0 Å². The van der Waals surface area contributed by atoms with Gasteiger partial charge in [0.05, 0.1) is 0 Å². The van der Waals surface area contributed by atoms with Crippen molar-refractivity contribution in [3.8, 4) is 5.75 Å². The van der Waals surface area contributed by atoms with Gasteiger partial charge in [-0.2, -0.15) is 0 Å². The zero-order valence-electron chi connectivity index (χ0n) is 10.0. The molecule has 0 fully saturated rings. The van der Waals surface area contributed by atoms with Crippen LogP contribution < -0.4 is 4.74 Å². The zero-order chi connectivity index (χ0) is 12.5. The lowest BCUT2D eigenvalue weighted by Crippen LogP contribution is -2.00. The smallest absolute Gasteiger partial charge is 0.308 e. The fourth-order valence-electron chi connectivity index (χ4n) is 2.15. The molecule has 0 heterocycles. The van der Waals surface area contributed by atoms with E-state index in [1.165, 1.54) is 17.7 Å². The maximum absolute atomic E-state index is 10.9. The number of ether oxygens (including phenoxy) is 1. The minimum absolute atomic E-state index is 0.296. The minimum atomic E-state index is -0.296. The van der Waals surface area contributed by atoms with E-state index < -0.39 is 0 Å². The Labute approximate surface area is 105 Å². The molecular formula is C16H12O2. The second-order valence-electron chi connectivity index (χ2n) is 4.30. The summed E-state index contributed by atoms with van der Waals surface area (Å²) in [5.74, 6) is 0.292. The van der Waals surface area contributed by atoms with E-state index in [4.69, 9.17) is 4.74 Å². The largest absolute Gasteiger partial charge is 0.427 e. The normalized spacial score (nSPS) is 10.7. The second-order valence-corrected chi connectivity index (χ2v) is 4.30. The quantitative estimate of drug-likeness (QED) is 0.363. The second kappa shape index (κ2) is 4.15. The van der Waals surface area contributed by atoms with Gasteiger partial charge in [-0.15, -0.1) is 0 Å². The third-order valence-corrected chi connectivity index (χ3v) is 2.94. The number of hydrogen-bond donors (Lipinski definition) is 0. The highest BCUT2D eigenvalue weighted by atomic mass is 16.5. The molecule has 0 aliphatic rings. The van der Waals surface area contributed by atoms with Gasteiger partial charge in [0.25, 0.3) is 0 Å². The monoisotopic (exact) mass is 236 g/mol. The summed E-state index contributed by atoms with van der Waals surface area (Å²) in [5, 5.41) is 4.62. The molecule has 0 amide bonds. The van der Waals surface area contributed by atoms with Crippen LogP contribution in [0.1, 0.15) is 6.92 Å². The first kappa shape index (κ1) is 10.8. The Balaban J connectivity index is 2.20. The van der Waals surface area contributed by atoms with Crippen LogP contribution in [0.5, 0.6) is 5.75 Å². The molecule has 3 aromatic carbocycles. The van der Waals surface area contributed by atoms with Gasteiger partial charge in [0.2, 0.25) is 0 Å². The van der Waals surface area contributed by atoms with E-state index in [0.29, 0.717) is 5.75 Å². The third-order valence-electron chi connectivity index (χ3n) is 2.94. The van der Waals surface area contributed by atoms with Crippen LogP contribution >= 0.6 is 0 Å². The lowest BCUT2D eigenvalue weighted by atomic mass is 10.0. The molecule has 2 nitrogen and oxygen atoms in total. The first-order valence-corrected chi connectivity index (χ1v) is 5.83. The van der Waals surface area contributed by atoms with Crippen LogP contribution in [0.4, 0.5) is 0 Å². The molecule has 0 spiro atoms. The Hall–Kier alpha value is -2.35. The predicted molar refractivity (Wildman–Crippen MR) is 72.8 cm³/mol. The standard InChI is InChI=1S/C16H12O2/c1-11(17)18-16-7-6-14-8-12-4-2-3-5-13(12)9-15(14)10-16/h2-10H,1H3. The maximum Gasteiger partial charge on any atom is 0.308 e. The molecule has 2 heteroatoms. The summed E-state index contributed by atoms with van der Waals surface area (Å²) in [4.78, 5) is 10.9. The van der Waals surface area contributed by atoms with E-state index in [9.17, 15) is 4.79 Å². The SMILES string of the molecule is CC(=O)Oc1ccc2cc3ccccc3cc2c1. The van der Waals surface area contributed by atoms with Crippen molar-refractivity contribution in [2.24, 2.45) is 0 Å². The highest BCUT2D eigenvalue weighted by Gasteiger charge is 2.02. The number of esters is 1. The molecule has 0 radical (unpaired) electrons. The van der Waals surface area contributed by atoms with Crippen molar-refractivity contribution in [2.75, 3.05) is 0 Å². The highest BCUT2D eigenvalue weighted by molar-refractivity contribution is 5.98. The number of carbonyl (C=O) groups is 1. The summed E-state index contributed by atoms with van der Waals surface area (Å²) in [6, 6.07) is 18.1. The van der Waals surface area contributed by atoms with E-state index >= 15 is 0 Å². The van der Waals surface area contributed by atoms with Gasteiger partial charge in [0, 0.05) is 6.92 Å². The fraction of sp³-hybridized carbons (Fsp3) is 0.0625. The van der Waals surface area contributed by atoms with Gasteiger partial charge in [0.15, 0.2) is 0 Å². The summed E-state index contributed by atoms with van der Waals surface area (Å²) >= 11 is 0. The number of fused-ring (bicyclic) bond motifs is 2. The van der Waals surface area contributed by atoms with E-state index in [0.717, 1.165) is 10.8 Å². The number of benzene rings is 3.